The third-order valence-corrected chi connectivity index (χ3v) is 6.45. The summed E-state index contributed by atoms with van der Waals surface area (Å²) in [5.41, 5.74) is 0.912. The quantitative estimate of drug-likeness (QED) is 0.679. The molecule has 2 fully saturated rings. The molecule has 1 aromatic carbocycles. The Kier molecular flexibility index (Phi) is 4.74. The first-order chi connectivity index (χ1) is 15.0. The zero-order valence-electron chi connectivity index (χ0n) is 16.8. The van der Waals surface area contributed by atoms with Crippen LogP contribution >= 0.6 is 0 Å². The topological polar surface area (TPSA) is 101 Å². The number of carbonyl (C=O) groups excluding carboxylic acids is 1. The maximum absolute atomic E-state index is 13.7. The number of fused-ring (bicyclic) bond motifs is 2. The van der Waals surface area contributed by atoms with Gasteiger partial charge in [0.05, 0.1) is 11.6 Å². The molecule has 1 unspecified atom stereocenters. The van der Waals surface area contributed by atoms with Crippen molar-refractivity contribution in [3.05, 3.63) is 54.1 Å². The SMILES string of the molecule is CC(C(=O)Nc1ccc(C#N)nn1)[C@H]1[C@@H]2C[C@H](Oc3ccnc4ccc(F)cc34)C[C@@H]21. The van der Waals surface area contributed by atoms with Crippen LogP contribution in [0.2, 0.25) is 0 Å². The Morgan fingerprint density at radius 1 is 1.23 bits per heavy atom. The Hall–Kier alpha value is -3.60. The average molecular weight is 417 g/mol. The van der Waals surface area contributed by atoms with Gasteiger partial charge >= 0.3 is 0 Å². The van der Waals surface area contributed by atoms with Crippen molar-refractivity contribution in [1.29, 1.82) is 5.26 Å². The zero-order chi connectivity index (χ0) is 21.5. The number of benzene rings is 1. The number of ether oxygens (including phenoxy) is 1. The highest BCUT2D eigenvalue weighted by molar-refractivity contribution is 5.92. The molecule has 0 aliphatic heterocycles. The summed E-state index contributed by atoms with van der Waals surface area (Å²) in [7, 11) is 0. The van der Waals surface area contributed by atoms with E-state index in [4.69, 9.17) is 10.00 Å². The number of rotatable bonds is 5. The second-order valence-electron chi connectivity index (χ2n) is 8.28. The number of aromatic nitrogens is 3. The Labute approximate surface area is 178 Å². The fraction of sp³-hybridized carbons (Fsp3) is 0.348. The van der Waals surface area contributed by atoms with Crippen molar-refractivity contribution in [2.75, 3.05) is 5.32 Å². The van der Waals surface area contributed by atoms with Crippen LogP contribution in [0.4, 0.5) is 10.2 Å². The number of pyridine rings is 1. The van der Waals surface area contributed by atoms with Crippen molar-refractivity contribution in [2.45, 2.75) is 25.9 Å². The van der Waals surface area contributed by atoms with Gasteiger partial charge in [-0.25, -0.2) is 4.39 Å². The molecule has 2 aliphatic carbocycles. The number of carbonyl (C=O) groups is 1. The average Bonchev–Trinajstić information content (AvgIpc) is 3.28. The van der Waals surface area contributed by atoms with Gasteiger partial charge in [-0.2, -0.15) is 5.26 Å². The molecule has 1 amide bonds. The Bertz CT molecular complexity index is 1180. The van der Waals surface area contributed by atoms with E-state index in [-0.39, 0.29) is 29.4 Å². The first-order valence-corrected chi connectivity index (χ1v) is 10.3. The van der Waals surface area contributed by atoms with Crippen LogP contribution in [0.1, 0.15) is 25.5 Å². The molecule has 2 heterocycles. The summed E-state index contributed by atoms with van der Waals surface area (Å²) in [6.07, 6.45) is 3.48. The zero-order valence-corrected chi connectivity index (χ0v) is 16.8. The van der Waals surface area contributed by atoms with Crippen LogP contribution in [0.25, 0.3) is 10.9 Å². The van der Waals surface area contributed by atoms with Gasteiger partial charge in [0.15, 0.2) is 11.5 Å². The lowest BCUT2D eigenvalue weighted by molar-refractivity contribution is -0.120. The van der Waals surface area contributed by atoms with Crippen molar-refractivity contribution in [2.24, 2.45) is 23.7 Å². The number of halogens is 1. The highest BCUT2D eigenvalue weighted by atomic mass is 19.1. The van der Waals surface area contributed by atoms with E-state index < -0.39 is 0 Å². The van der Waals surface area contributed by atoms with E-state index in [1.807, 2.05) is 13.0 Å². The monoisotopic (exact) mass is 417 g/mol. The third kappa shape index (κ3) is 3.67. The molecule has 0 radical (unpaired) electrons. The van der Waals surface area contributed by atoms with Gasteiger partial charge in [-0.05, 0) is 67.0 Å². The molecule has 2 aliphatic rings. The fourth-order valence-electron chi connectivity index (χ4n) is 4.93. The first-order valence-electron chi connectivity index (χ1n) is 10.3. The smallest absolute Gasteiger partial charge is 0.228 e. The van der Waals surface area contributed by atoms with E-state index in [1.54, 1.807) is 24.4 Å². The molecule has 7 nitrogen and oxygen atoms in total. The predicted molar refractivity (Wildman–Crippen MR) is 110 cm³/mol. The number of amides is 1. The van der Waals surface area contributed by atoms with Gasteiger partial charge in [-0.15, -0.1) is 10.2 Å². The molecule has 8 heteroatoms. The van der Waals surface area contributed by atoms with Gasteiger partial charge < -0.3 is 10.1 Å². The summed E-state index contributed by atoms with van der Waals surface area (Å²) in [5, 5.41) is 19.8. The van der Waals surface area contributed by atoms with Crippen molar-refractivity contribution in [3.8, 4) is 11.8 Å². The fourth-order valence-corrected chi connectivity index (χ4v) is 4.93. The van der Waals surface area contributed by atoms with Gasteiger partial charge in [-0.1, -0.05) is 6.92 Å². The van der Waals surface area contributed by atoms with Gasteiger partial charge in [0.25, 0.3) is 0 Å². The standard InChI is InChI=1S/C23H20FN5O2/c1-12(23(30)27-21-5-3-14(11-25)28-29-21)22-16-9-15(10-17(16)22)31-20-6-7-26-19-4-2-13(24)8-18(19)20/h2-8,12,15-17,22H,9-10H2,1H3,(H,27,29,30)/t12?,15-,16+,17-,22-. The van der Waals surface area contributed by atoms with Crippen molar-refractivity contribution in [1.82, 2.24) is 15.2 Å². The molecular formula is C23H20FN5O2. The van der Waals surface area contributed by atoms with Crippen LogP contribution in [-0.4, -0.2) is 27.2 Å². The van der Waals surface area contributed by atoms with Crippen LogP contribution in [0.5, 0.6) is 5.75 Å². The first kappa shape index (κ1) is 19.4. The van der Waals surface area contributed by atoms with E-state index in [0.717, 1.165) is 12.8 Å². The second-order valence-corrected chi connectivity index (χ2v) is 8.28. The molecule has 2 aromatic heterocycles. The normalized spacial score (nSPS) is 24.8. The minimum absolute atomic E-state index is 0.0553. The summed E-state index contributed by atoms with van der Waals surface area (Å²) in [6, 6.07) is 11.3. The highest BCUT2D eigenvalue weighted by Crippen LogP contribution is 2.61. The number of hydrogen-bond acceptors (Lipinski definition) is 6. The van der Waals surface area contributed by atoms with E-state index >= 15 is 0 Å². The van der Waals surface area contributed by atoms with Crippen molar-refractivity contribution in [3.63, 3.8) is 0 Å². The van der Waals surface area contributed by atoms with Gasteiger partial charge in [0.1, 0.15) is 17.6 Å². The lowest BCUT2D eigenvalue weighted by Gasteiger charge is -2.20. The van der Waals surface area contributed by atoms with Gasteiger partial charge in [0.2, 0.25) is 5.91 Å². The molecule has 5 atom stereocenters. The summed E-state index contributed by atoms with van der Waals surface area (Å²) in [4.78, 5) is 16.9. The largest absolute Gasteiger partial charge is 0.490 e. The number of hydrogen-bond donors (Lipinski definition) is 1. The summed E-state index contributed by atoms with van der Waals surface area (Å²) >= 11 is 0. The summed E-state index contributed by atoms with van der Waals surface area (Å²) < 4.78 is 19.9. The van der Waals surface area contributed by atoms with Crippen LogP contribution in [0.3, 0.4) is 0 Å². The van der Waals surface area contributed by atoms with Crippen LogP contribution in [0.15, 0.2) is 42.6 Å². The molecule has 2 saturated carbocycles. The molecular weight excluding hydrogens is 397 g/mol. The molecule has 5 rings (SSSR count). The van der Waals surface area contributed by atoms with E-state index in [0.29, 0.717) is 40.2 Å². The maximum atomic E-state index is 13.7. The Morgan fingerprint density at radius 2 is 2.03 bits per heavy atom. The van der Waals surface area contributed by atoms with Crippen molar-refractivity contribution < 1.29 is 13.9 Å². The highest BCUT2D eigenvalue weighted by Gasteiger charge is 2.59. The lowest BCUT2D eigenvalue weighted by atomic mass is 9.97. The van der Waals surface area contributed by atoms with Gasteiger partial charge in [0, 0.05) is 17.5 Å². The molecule has 31 heavy (non-hydrogen) atoms. The van der Waals surface area contributed by atoms with Gasteiger partial charge in [-0.3, -0.25) is 9.78 Å². The molecule has 3 aromatic rings. The Balaban J connectivity index is 1.19. The lowest BCUT2D eigenvalue weighted by Crippen LogP contribution is -2.26. The minimum atomic E-state index is -0.313. The molecule has 1 N–H and O–H groups in total. The van der Waals surface area contributed by atoms with E-state index in [9.17, 15) is 9.18 Å². The molecule has 0 saturated heterocycles. The number of nitrogens with zero attached hydrogens (tertiary/aromatic N) is 4. The van der Waals surface area contributed by atoms with Crippen LogP contribution in [0, 0.1) is 40.8 Å². The molecule has 0 bridgehead atoms. The van der Waals surface area contributed by atoms with E-state index in [1.165, 1.54) is 18.2 Å². The molecule has 0 spiro atoms. The Morgan fingerprint density at radius 3 is 2.74 bits per heavy atom. The minimum Gasteiger partial charge on any atom is -0.490 e. The number of nitriles is 1. The number of nitrogens with one attached hydrogen (secondary N) is 1. The summed E-state index contributed by atoms with van der Waals surface area (Å²) in [5.74, 6) is 1.66. The second kappa shape index (κ2) is 7.58. The summed E-state index contributed by atoms with van der Waals surface area (Å²) in [6.45, 7) is 1.93. The van der Waals surface area contributed by atoms with Crippen LogP contribution in [-0.2, 0) is 4.79 Å². The third-order valence-electron chi connectivity index (χ3n) is 6.45. The van der Waals surface area contributed by atoms with E-state index in [2.05, 4.69) is 20.5 Å². The molecule has 156 valence electrons. The van der Waals surface area contributed by atoms with Crippen molar-refractivity contribution >= 4 is 22.6 Å². The number of anilines is 1. The predicted octanol–water partition coefficient (Wildman–Crippen LogP) is 3.71. The maximum Gasteiger partial charge on any atom is 0.228 e. The van der Waals surface area contributed by atoms with Crippen LogP contribution < -0.4 is 10.1 Å².